The van der Waals surface area contributed by atoms with Gasteiger partial charge in [-0.05, 0) is 109 Å². The van der Waals surface area contributed by atoms with Crippen LogP contribution in [-0.2, 0) is 9.53 Å². The van der Waals surface area contributed by atoms with Crippen LogP contribution in [-0.4, -0.2) is 23.3 Å². The van der Waals surface area contributed by atoms with E-state index in [-0.39, 0.29) is 45.3 Å². The highest BCUT2D eigenvalue weighted by Gasteiger charge is 2.75. The van der Waals surface area contributed by atoms with Crippen LogP contribution in [0.3, 0.4) is 0 Å². The maximum Gasteiger partial charge on any atom is 0.312 e. The summed E-state index contributed by atoms with van der Waals surface area (Å²) >= 11 is 0. The smallest absolute Gasteiger partial charge is 0.312 e. The summed E-state index contributed by atoms with van der Waals surface area (Å²) in [6.45, 7) is 17.3. The van der Waals surface area contributed by atoms with Gasteiger partial charge in [0, 0.05) is 5.92 Å². The molecule has 1 N–H and O–H groups in total. The fourth-order valence-corrected chi connectivity index (χ4v) is 11.9. The molecule has 0 unspecified atom stereocenters. The van der Waals surface area contributed by atoms with E-state index in [0.717, 1.165) is 32.1 Å². The van der Waals surface area contributed by atoms with Gasteiger partial charge < -0.3 is 9.84 Å². The molecular formula is C30H48O3. The first-order valence-electron chi connectivity index (χ1n) is 14.2. The fourth-order valence-electron chi connectivity index (χ4n) is 11.9. The van der Waals surface area contributed by atoms with Crippen LogP contribution >= 0.6 is 0 Å². The van der Waals surface area contributed by atoms with E-state index in [1.54, 1.807) is 0 Å². The summed E-state index contributed by atoms with van der Waals surface area (Å²) in [6, 6.07) is 0. The maximum atomic E-state index is 13.7. The Morgan fingerprint density at radius 1 is 0.818 bits per heavy atom. The Balaban J connectivity index is 1.47. The normalized spacial score (nSPS) is 61.3. The van der Waals surface area contributed by atoms with Crippen LogP contribution in [0.25, 0.3) is 0 Å². The third kappa shape index (κ3) is 2.45. The molecule has 33 heavy (non-hydrogen) atoms. The number of fused-ring (bicyclic) bond motifs is 4. The van der Waals surface area contributed by atoms with Crippen LogP contribution in [0.4, 0.5) is 0 Å². The molecule has 0 amide bonds. The quantitative estimate of drug-likeness (QED) is 0.417. The number of aliphatic hydroxyl groups excluding tert-OH is 1. The van der Waals surface area contributed by atoms with Crippen molar-refractivity contribution in [2.24, 2.45) is 62.6 Å². The molecule has 186 valence electrons. The topological polar surface area (TPSA) is 46.5 Å². The first-order chi connectivity index (χ1) is 15.3. The zero-order valence-electron chi connectivity index (χ0n) is 22.2. The van der Waals surface area contributed by atoms with Gasteiger partial charge in [0.1, 0.15) is 6.10 Å². The van der Waals surface area contributed by atoms with Gasteiger partial charge in [-0.15, -0.1) is 0 Å². The molecule has 3 nitrogen and oxygen atoms in total. The Kier molecular flexibility index (Phi) is 4.57. The van der Waals surface area contributed by atoms with Crippen LogP contribution in [0, 0.1) is 62.6 Å². The maximum absolute atomic E-state index is 13.7. The lowest BCUT2D eigenvalue weighted by molar-refractivity contribution is -0.305. The van der Waals surface area contributed by atoms with E-state index in [9.17, 15) is 9.90 Å². The highest BCUT2D eigenvalue weighted by molar-refractivity contribution is 5.79. The molecule has 6 rings (SSSR count). The van der Waals surface area contributed by atoms with Gasteiger partial charge in [-0.25, -0.2) is 0 Å². The minimum atomic E-state index is -0.201. The molecule has 5 aliphatic carbocycles. The van der Waals surface area contributed by atoms with Crippen molar-refractivity contribution in [3.63, 3.8) is 0 Å². The van der Waals surface area contributed by atoms with E-state index in [0.29, 0.717) is 35.5 Å². The summed E-state index contributed by atoms with van der Waals surface area (Å²) in [7, 11) is 0. The van der Waals surface area contributed by atoms with Gasteiger partial charge in [-0.1, -0.05) is 48.5 Å². The van der Waals surface area contributed by atoms with E-state index < -0.39 is 0 Å². The molecule has 3 heteroatoms. The van der Waals surface area contributed by atoms with E-state index in [1.807, 2.05) is 0 Å². The third-order valence-corrected chi connectivity index (χ3v) is 14.2. The molecule has 0 aromatic carbocycles. The summed E-state index contributed by atoms with van der Waals surface area (Å²) < 4.78 is 6.54. The van der Waals surface area contributed by atoms with Gasteiger partial charge in [-0.3, -0.25) is 4.79 Å². The Bertz CT molecular complexity index is 865. The molecule has 0 aromatic heterocycles. The van der Waals surface area contributed by atoms with Crippen molar-refractivity contribution >= 4 is 5.97 Å². The fraction of sp³-hybridized carbons (Fsp3) is 0.967. The van der Waals surface area contributed by atoms with E-state index >= 15 is 0 Å². The molecule has 2 bridgehead atoms. The Morgan fingerprint density at radius 2 is 1.55 bits per heavy atom. The monoisotopic (exact) mass is 456 g/mol. The van der Waals surface area contributed by atoms with Crippen LogP contribution in [0.15, 0.2) is 0 Å². The van der Waals surface area contributed by atoms with Crippen LogP contribution < -0.4 is 0 Å². The Hall–Kier alpha value is -0.570. The van der Waals surface area contributed by atoms with Crippen LogP contribution in [0.5, 0.6) is 0 Å². The van der Waals surface area contributed by atoms with Gasteiger partial charge in [0.15, 0.2) is 0 Å². The molecule has 1 saturated heterocycles. The molecular weight excluding hydrogens is 408 g/mol. The van der Waals surface area contributed by atoms with Crippen molar-refractivity contribution in [1.29, 1.82) is 0 Å². The summed E-state index contributed by atoms with van der Waals surface area (Å²) in [5, 5.41) is 10.9. The second-order valence-electron chi connectivity index (χ2n) is 15.1. The molecule has 5 saturated carbocycles. The molecule has 12 atom stereocenters. The molecule has 6 aliphatic rings. The van der Waals surface area contributed by atoms with Crippen molar-refractivity contribution in [3.8, 4) is 0 Å². The second-order valence-corrected chi connectivity index (χ2v) is 15.1. The first kappa shape index (κ1) is 22.9. The van der Waals surface area contributed by atoms with Crippen LogP contribution in [0.2, 0.25) is 0 Å². The lowest BCUT2D eigenvalue weighted by atomic mass is 9.30. The van der Waals surface area contributed by atoms with E-state index in [2.05, 4.69) is 48.5 Å². The van der Waals surface area contributed by atoms with Crippen molar-refractivity contribution < 1.29 is 14.6 Å². The second kappa shape index (κ2) is 6.60. The summed E-state index contributed by atoms with van der Waals surface area (Å²) in [4.78, 5) is 13.7. The van der Waals surface area contributed by atoms with Crippen molar-refractivity contribution in [2.75, 3.05) is 0 Å². The zero-order valence-corrected chi connectivity index (χ0v) is 22.2. The van der Waals surface area contributed by atoms with Crippen LogP contribution in [0.1, 0.15) is 106 Å². The summed E-state index contributed by atoms with van der Waals surface area (Å²) in [5.74, 6) is 3.60. The number of carbonyl (C=O) groups excluding carboxylic acids is 1. The number of rotatable bonds is 0. The number of esters is 1. The number of carbonyl (C=O) groups is 1. The number of aliphatic hydroxyl groups is 1. The first-order valence-corrected chi connectivity index (χ1v) is 14.2. The average molecular weight is 457 g/mol. The number of hydrogen-bond donors (Lipinski definition) is 1. The SMILES string of the molecule is C[C@@H]1[C@H]2[C@@H]3[C@H]4C[C@@H]5[C@@]6(C)CC[C@@H](O)C(C)(C)[C@@H]6CC[C@@]5(C)[C@]3(C)CC[C@]2(CC[C@H]1C)C(=O)O4. The molecule has 0 aromatic rings. The molecule has 0 spiro atoms. The van der Waals surface area contributed by atoms with Gasteiger partial charge in [0.25, 0.3) is 0 Å². The molecule has 1 heterocycles. The van der Waals surface area contributed by atoms with Gasteiger partial charge in [-0.2, -0.15) is 0 Å². The summed E-state index contributed by atoms with van der Waals surface area (Å²) in [5.41, 5.74) is 0.495. The van der Waals surface area contributed by atoms with Gasteiger partial charge in [0.05, 0.1) is 11.5 Å². The van der Waals surface area contributed by atoms with Gasteiger partial charge >= 0.3 is 5.97 Å². The predicted molar refractivity (Wildman–Crippen MR) is 130 cm³/mol. The number of hydrogen-bond acceptors (Lipinski definition) is 3. The Labute approximate surface area is 201 Å². The average Bonchev–Trinajstić information content (AvgIpc) is 2.75. The molecule has 6 fully saturated rings. The Morgan fingerprint density at radius 3 is 2.27 bits per heavy atom. The minimum absolute atomic E-state index is 0.0373. The lowest BCUT2D eigenvalue weighted by Gasteiger charge is -2.76. The highest BCUT2D eigenvalue weighted by atomic mass is 16.5. The van der Waals surface area contributed by atoms with E-state index in [4.69, 9.17) is 4.74 Å². The van der Waals surface area contributed by atoms with Crippen molar-refractivity contribution in [1.82, 2.24) is 0 Å². The molecule has 1 aliphatic heterocycles. The lowest BCUT2D eigenvalue weighted by Crippen LogP contribution is -2.73. The zero-order chi connectivity index (χ0) is 23.8. The highest BCUT2D eigenvalue weighted by Crippen LogP contribution is 2.78. The summed E-state index contributed by atoms with van der Waals surface area (Å²) in [6.07, 6.45) is 9.95. The van der Waals surface area contributed by atoms with Crippen molar-refractivity contribution in [2.45, 2.75) is 118 Å². The standard InChI is InChI=1S/C30H48O3/c1-17-8-13-30-15-14-29(7)24(23(30)18(17)2)19(33-25(30)32)16-21-27(5)11-10-22(31)26(3,4)20(27)9-12-28(21,29)6/h17-24,31H,8-16H2,1-7H3/t17-,18+,19-,20+,21-,22-,23+,24+,27+,28-,29-,30+/m1/s1. The predicted octanol–water partition coefficient (Wildman–Crippen LogP) is 6.62. The van der Waals surface area contributed by atoms with E-state index in [1.165, 1.54) is 25.7 Å². The number of ether oxygens (including phenoxy) is 1. The molecule has 0 radical (unpaired) electrons. The minimum Gasteiger partial charge on any atom is -0.462 e. The third-order valence-electron chi connectivity index (χ3n) is 14.2. The largest absolute Gasteiger partial charge is 0.462 e. The van der Waals surface area contributed by atoms with Crippen molar-refractivity contribution in [3.05, 3.63) is 0 Å². The van der Waals surface area contributed by atoms with Gasteiger partial charge in [0.2, 0.25) is 0 Å².